The van der Waals surface area contributed by atoms with Crippen LogP contribution in [0.2, 0.25) is 0 Å². The summed E-state index contributed by atoms with van der Waals surface area (Å²) in [6.45, 7) is 3.37. The zero-order valence-corrected chi connectivity index (χ0v) is 22.5. The SMILES string of the molecule is CCCCCCCCCCCCCCCCCCCCCC(C)(O)S(=O)(=O)[O-].[Na+]. The molecule has 0 saturated heterocycles. The molecule has 0 bridgehead atoms. The molecule has 0 heterocycles. The Hall–Kier alpha value is 0.870. The molecule has 0 amide bonds. The molecule has 0 spiro atoms. The number of rotatable bonds is 21. The molecule has 4 nitrogen and oxygen atoms in total. The fourth-order valence-electron chi connectivity index (χ4n) is 3.66. The molecule has 6 heteroatoms. The summed E-state index contributed by atoms with van der Waals surface area (Å²) in [7, 11) is -4.62. The average Bonchev–Trinajstić information content (AvgIpc) is 2.62. The molecule has 170 valence electrons. The van der Waals surface area contributed by atoms with Gasteiger partial charge in [-0.25, -0.2) is 8.42 Å². The van der Waals surface area contributed by atoms with E-state index >= 15 is 0 Å². The van der Waals surface area contributed by atoms with E-state index in [4.69, 9.17) is 0 Å². The minimum absolute atomic E-state index is 0. The van der Waals surface area contributed by atoms with Gasteiger partial charge in [0.25, 0.3) is 0 Å². The maximum absolute atomic E-state index is 10.9. The number of aliphatic hydroxyl groups is 1. The van der Waals surface area contributed by atoms with Gasteiger partial charge >= 0.3 is 29.6 Å². The van der Waals surface area contributed by atoms with E-state index < -0.39 is 15.1 Å². The van der Waals surface area contributed by atoms with Crippen molar-refractivity contribution < 1.29 is 47.6 Å². The largest absolute Gasteiger partial charge is 1.00 e. The summed E-state index contributed by atoms with van der Waals surface area (Å²) in [5, 5.41) is 9.59. The third-order valence-electron chi connectivity index (χ3n) is 5.78. The van der Waals surface area contributed by atoms with E-state index in [2.05, 4.69) is 6.92 Å². The molecule has 29 heavy (non-hydrogen) atoms. The maximum atomic E-state index is 10.9. The third kappa shape index (κ3) is 20.5. The standard InChI is InChI=1S/C23H48O4S.Na/c1-3-4-5-6-7-8-9-10-11-12-13-14-15-16-17-18-19-20-21-22-23(2,24)28(25,26)27;/h24H,3-22H2,1-2H3,(H,25,26,27);/q;+1/p-1. The van der Waals surface area contributed by atoms with Crippen molar-refractivity contribution in [2.24, 2.45) is 0 Å². The van der Waals surface area contributed by atoms with E-state index in [-0.39, 0.29) is 36.0 Å². The van der Waals surface area contributed by atoms with Gasteiger partial charge in [0.05, 0.1) is 0 Å². The van der Waals surface area contributed by atoms with Crippen LogP contribution >= 0.6 is 0 Å². The van der Waals surface area contributed by atoms with Gasteiger partial charge in [0.2, 0.25) is 0 Å². The molecule has 0 aliphatic rings. The number of hydrogen-bond acceptors (Lipinski definition) is 4. The van der Waals surface area contributed by atoms with Gasteiger partial charge in [-0.05, 0) is 19.8 Å². The van der Waals surface area contributed by atoms with Crippen LogP contribution in [-0.4, -0.2) is 23.0 Å². The van der Waals surface area contributed by atoms with Crippen molar-refractivity contribution in [2.75, 3.05) is 0 Å². The first kappa shape index (κ1) is 32.1. The molecule has 0 aliphatic heterocycles. The molecule has 1 unspecified atom stereocenters. The van der Waals surface area contributed by atoms with Gasteiger partial charge in [-0.2, -0.15) is 0 Å². The molecular formula is C23H47NaO4S. The first-order valence-corrected chi connectivity index (χ1v) is 13.4. The Morgan fingerprint density at radius 1 is 0.621 bits per heavy atom. The van der Waals surface area contributed by atoms with Crippen LogP contribution in [0.25, 0.3) is 0 Å². The molecule has 0 aromatic carbocycles. The molecule has 0 rings (SSSR count). The predicted molar refractivity (Wildman–Crippen MR) is 118 cm³/mol. The summed E-state index contributed by atoms with van der Waals surface area (Å²) in [5.74, 6) is 0. The normalized spacial score (nSPS) is 13.8. The molecule has 1 N–H and O–H groups in total. The Bertz CT molecular complexity index is 438. The molecular weight excluding hydrogens is 395 g/mol. The van der Waals surface area contributed by atoms with Gasteiger partial charge in [-0.15, -0.1) is 0 Å². The molecule has 0 aromatic rings. The Morgan fingerprint density at radius 2 is 0.862 bits per heavy atom. The molecule has 1 atom stereocenters. The predicted octanol–water partition coefficient (Wildman–Crippen LogP) is 4.07. The van der Waals surface area contributed by atoms with Gasteiger partial charge in [0.1, 0.15) is 10.1 Å². The van der Waals surface area contributed by atoms with Crippen molar-refractivity contribution in [3.05, 3.63) is 0 Å². The molecule has 0 aliphatic carbocycles. The van der Waals surface area contributed by atoms with E-state index in [1.165, 1.54) is 96.3 Å². The van der Waals surface area contributed by atoms with Gasteiger partial charge in [-0.3, -0.25) is 0 Å². The van der Waals surface area contributed by atoms with Crippen molar-refractivity contribution in [1.82, 2.24) is 0 Å². The van der Waals surface area contributed by atoms with Crippen LogP contribution in [0, 0.1) is 0 Å². The second-order valence-corrected chi connectivity index (χ2v) is 10.5. The fraction of sp³-hybridized carbons (Fsp3) is 1.00. The quantitative estimate of drug-likeness (QED) is 0.165. The maximum Gasteiger partial charge on any atom is 1.00 e. The van der Waals surface area contributed by atoms with Gasteiger partial charge in [0.15, 0.2) is 4.93 Å². The molecule has 0 aromatic heterocycles. The summed E-state index contributed by atoms with van der Waals surface area (Å²) in [6, 6.07) is 0. The first-order chi connectivity index (χ1) is 13.3. The Kier molecular flexibility index (Phi) is 22.9. The minimum Gasteiger partial charge on any atom is -0.746 e. The molecule has 0 saturated carbocycles. The summed E-state index contributed by atoms with van der Waals surface area (Å²) in [5.41, 5.74) is 0. The van der Waals surface area contributed by atoms with Crippen molar-refractivity contribution in [2.45, 2.75) is 147 Å². The Labute approximate surface area is 204 Å². The van der Waals surface area contributed by atoms with E-state index in [1.54, 1.807) is 0 Å². The van der Waals surface area contributed by atoms with E-state index in [9.17, 15) is 18.1 Å². The third-order valence-corrected chi connectivity index (χ3v) is 7.06. The van der Waals surface area contributed by atoms with Crippen molar-refractivity contribution in [3.8, 4) is 0 Å². The number of hydrogen-bond donors (Lipinski definition) is 1. The monoisotopic (exact) mass is 442 g/mol. The van der Waals surface area contributed by atoms with Crippen LogP contribution in [0.1, 0.15) is 142 Å². The topological polar surface area (TPSA) is 77.4 Å². The first-order valence-electron chi connectivity index (χ1n) is 12.0. The van der Waals surface area contributed by atoms with Crippen molar-refractivity contribution >= 4 is 10.1 Å². The number of unbranched alkanes of at least 4 members (excludes halogenated alkanes) is 18. The van der Waals surface area contributed by atoms with Crippen LogP contribution in [0.15, 0.2) is 0 Å². The van der Waals surface area contributed by atoms with Gasteiger partial charge in [0, 0.05) is 0 Å². The zero-order chi connectivity index (χ0) is 21.1. The van der Waals surface area contributed by atoms with Crippen LogP contribution in [0.3, 0.4) is 0 Å². The zero-order valence-electron chi connectivity index (χ0n) is 19.7. The van der Waals surface area contributed by atoms with Gasteiger partial charge < -0.3 is 9.66 Å². The van der Waals surface area contributed by atoms with E-state index in [0.717, 1.165) is 26.2 Å². The van der Waals surface area contributed by atoms with Gasteiger partial charge in [-0.1, -0.05) is 122 Å². The van der Waals surface area contributed by atoms with E-state index in [1.807, 2.05) is 0 Å². The summed E-state index contributed by atoms with van der Waals surface area (Å²) >= 11 is 0. The molecule has 0 fully saturated rings. The van der Waals surface area contributed by atoms with Crippen LogP contribution in [0.4, 0.5) is 0 Å². The average molecular weight is 443 g/mol. The second kappa shape index (κ2) is 20.8. The smallest absolute Gasteiger partial charge is 0.746 e. The van der Waals surface area contributed by atoms with Crippen LogP contribution < -0.4 is 29.6 Å². The fourth-order valence-corrected chi connectivity index (χ4v) is 4.05. The van der Waals surface area contributed by atoms with Crippen LogP contribution in [-0.2, 0) is 10.1 Å². The summed E-state index contributed by atoms with van der Waals surface area (Å²) < 4.78 is 32.6. The Morgan fingerprint density at radius 3 is 1.10 bits per heavy atom. The second-order valence-electron chi connectivity index (χ2n) is 8.74. The Balaban J connectivity index is 0. The summed E-state index contributed by atoms with van der Waals surface area (Å²) in [4.78, 5) is -2.11. The minimum atomic E-state index is -4.62. The van der Waals surface area contributed by atoms with Crippen molar-refractivity contribution in [3.63, 3.8) is 0 Å². The van der Waals surface area contributed by atoms with Crippen molar-refractivity contribution in [1.29, 1.82) is 0 Å². The van der Waals surface area contributed by atoms with Crippen LogP contribution in [0.5, 0.6) is 0 Å². The molecule has 0 radical (unpaired) electrons. The summed E-state index contributed by atoms with van der Waals surface area (Å²) in [6.07, 6.45) is 24.3. The van der Waals surface area contributed by atoms with E-state index in [0.29, 0.717) is 6.42 Å².